The molecule has 0 spiro atoms. The molecule has 1 saturated heterocycles. The lowest BCUT2D eigenvalue weighted by molar-refractivity contribution is -0.177. The Kier molecular flexibility index (Phi) is 29.4. The Labute approximate surface area is 538 Å². The number of nitrogens with two attached hydrogens (primary N) is 1. The van der Waals surface area contributed by atoms with E-state index < -0.39 is 48.4 Å². The predicted octanol–water partition coefficient (Wildman–Crippen LogP) is 8.95. The number of ether oxygens (including phenoxy) is 2. The number of aliphatic hydroxyl groups excluding tert-OH is 2. The normalized spacial score (nSPS) is 13.2. The molecule has 5 amide bonds. The first-order chi connectivity index (χ1) is 43.8. The molecule has 0 bridgehead atoms. The lowest BCUT2D eigenvalue weighted by atomic mass is 10.0. The summed E-state index contributed by atoms with van der Waals surface area (Å²) in [5, 5.41) is 25.2. The number of aromatic nitrogens is 6. The lowest BCUT2D eigenvalue weighted by Crippen LogP contribution is -2.51. The van der Waals surface area contributed by atoms with Crippen LogP contribution in [0.15, 0.2) is 145 Å². The summed E-state index contributed by atoms with van der Waals surface area (Å²) >= 11 is 2.71. The van der Waals surface area contributed by atoms with E-state index in [1.54, 1.807) is 39.3 Å². The van der Waals surface area contributed by atoms with Gasteiger partial charge in [-0.1, -0.05) is 138 Å². The van der Waals surface area contributed by atoms with E-state index in [4.69, 9.17) is 15.2 Å². The van der Waals surface area contributed by atoms with Gasteiger partial charge in [-0.15, -0.1) is 22.7 Å². The number of hydrogen-bond donors (Lipinski definition) is 4. The molecule has 4 aromatic carbocycles. The molecule has 1 fully saturated rings. The summed E-state index contributed by atoms with van der Waals surface area (Å²) in [6, 6.07) is 32.9. The van der Waals surface area contributed by atoms with Crippen LogP contribution in [0, 0.1) is 11.8 Å². The second-order valence-electron chi connectivity index (χ2n) is 22.0. The number of fused-ring (bicyclic) bond motifs is 2. The molecule has 484 valence electrons. The van der Waals surface area contributed by atoms with Crippen molar-refractivity contribution in [3.8, 4) is 0 Å². The van der Waals surface area contributed by atoms with E-state index >= 15 is 0 Å². The van der Waals surface area contributed by atoms with Gasteiger partial charge in [-0.3, -0.25) is 44.0 Å². The Hall–Kier alpha value is -8.72. The number of nitrogens with zero attached hydrogens (tertiary/aromatic N) is 10. The molecule has 5 heterocycles. The van der Waals surface area contributed by atoms with Crippen LogP contribution >= 0.6 is 22.7 Å². The summed E-state index contributed by atoms with van der Waals surface area (Å²) < 4.78 is 10.1. The van der Waals surface area contributed by atoms with Crippen molar-refractivity contribution in [3.63, 3.8) is 0 Å². The fraction of sp³-hybridized carbons (Fsp3) is 0.394. The Bertz CT molecular complexity index is 3490. The van der Waals surface area contributed by atoms with Crippen molar-refractivity contribution in [2.45, 2.75) is 112 Å². The number of nitrogens with one attached hydrogen (secondary N) is 1. The van der Waals surface area contributed by atoms with E-state index in [9.17, 15) is 39.0 Å². The largest absolute Gasteiger partial charge is 0.534 e. The molecule has 0 unspecified atom stereocenters. The van der Waals surface area contributed by atoms with Crippen LogP contribution < -0.4 is 11.1 Å². The number of hydroxylamine groups is 2. The van der Waals surface area contributed by atoms with Gasteiger partial charge >= 0.3 is 12.2 Å². The standard InChI is InChI=1S/C28H31N5O4S.C23H28N4O2.C9H8N2O5S.C6H15N/c1-19(2)15-33(27(35)25-14-30-22-10-6-7-11-23(22)31-25)16-26(34)24(12-20-8-4-3-5-9-20)32-28(36)37-17-21-13-29-18-38-21;1-16(2)14-27(15-22(28)18(24)12-17-8-4-3-5-9-17)23(29)21-13-25-19-10-6-7-11-20(19)26-21;12-7-1-2-8(13)11(7)16-9(14)15-4-6-3-10-5-17-6;1-4-7(5-2)6-3/h3-11,13-14,18-19,24,26,34H,12,15-17H2,1-2H3,(H,32,36);3-11,13,16,18,22,28H,12,14-15,24H2,1-2H3;3,5H,1-2,4H2;4-6H2,1-3H3/t24-,26+;18-,22+;;/m00../s1. The molecule has 1 aliphatic rings. The zero-order valence-electron chi connectivity index (χ0n) is 52.4. The first-order valence-electron chi connectivity index (χ1n) is 30.2. The maximum atomic E-state index is 13.5. The minimum absolute atomic E-state index is 0.000277. The van der Waals surface area contributed by atoms with Crippen LogP contribution in [-0.4, -0.2) is 166 Å². The summed E-state index contributed by atoms with van der Waals surface area (Å²) in [5.74, 6) is -1.27. The van der Waals surface area contributed by atoms with Crippen molar-refractivity contribution in [1.29, 1.82) is 0 Å². The van der Waals surface area contributed by atoms with Gasteiger partial charge in [-0.2, -0.15) is 0 Å². The number of rotatable bonds is 25. The topological polar surface area (TPSA) is 299 Å². The lowest BCUT2D eigenvalue weighted by Gasteiger charge is -2.31. The van der Waals surface area contributed by atoms with E-state index in [1.807, 2.05) is 131 Å². The van der Waals surface area contributed by atoms with Crippen LogP contribution in [-0.2, 0) is 50.0 Å². The van der Waals surface area contributed by atoms with Gasteiger partial charge in [0.2, 0.25) is 0 Å². The van der Waals surface area contributed by atoms with E-state index in [0.29, 0.717) is 47.5 Å². The molecule has 0 aliphatic carbocycles. The molecule has 91 heavy (non-hydrogen) atoms. The number of benzene rings is 4. The van der Waals surface area contributed by atoms with Crippen molar-refractivity contribution in [3.05, 3.63) is 177 Å². The predicted molar refractivity (Wildman–Crippen MR) is 348 cm³/mol. The fourth-order valence-electron chi connectivity index (χ4n) is 9.21. The first-order valence-corrected chi connectivity index (χ1v) is 31.9. The summed E-state index contributed by atoms with van der Waals surface area (Å²) in [5.41, 5.74) is 14.7. The van der Waals surface area contributed by atoms with Gasteiger partial charge in [0, 0.05) is 57.5 Å². The molecule has 1 aliphatic heterocycles. The molecule has 23 nitrogen and oxygen atoms in total. The minimum Gasteiger partial charge on any atom is -0.444 e. The second kappa shape index (κ2) is 37.4. The molecule has 9 rings (SSSR count). The van der Waals surface area contributed by atoms with Crippen molar-refractivity contribution in [2.24, 2.45) is 17.6 Å². The smallest absolute Gasteiger partial charge is 0.444 e. The molecular formula is C66H82N12O11S2. The molecule has 4 atom stereocenters. The van der Waals surface area contributed by atoms with Crippen molar-refractivity contribution in [1.82, 2.24) is 55.0 Å². The van der Waals surface area contributed by atoms with Crippen LogP contribution in [0.5, 0.6) is 0 Å². The number of para-hydroxylation sites is 4. The van der Waals surface area contributed by atoms with Gasteiger partial charge in [-0.25, -0.2) is 19.6 Å². The Morgan fingerprint density at radius 1 is 0.582 bits per heavy atom. The van der Waals surface area contributed by atoms with Crippen LogP contribution in [0.3, 0.4) is 0 Å². The third-order valence-corrected chi connectivity index (χ3v) is 15.4. The summed E-state index contributed by atoms with van der Waals surface area (Å²) in [6.07, 6.45) is 3.51. The molecule has 0 saturated carbocycles. The monoisotopic (exact) mass is 1280 g/mol. The zero-order valence-corrected chi connectivity index (χ0v) is 54.1. The van der Waals surface area contributed by atoms with Crippen LogP contribution in [0.4, 0.5) is 9.59 Å². The van der Waals surface area contributed by atoms with Gasteiger partial charge in [-0.05, 0) is 79.7 Å². The SMILES string of the molecule is CC(C)CN(C[C@@H](O)[C@@H](N)Cc1ccccc1)C(=O)c1cnc2ccccc2n1.CC(C)CN(C[C@@H](O)[C@H](Cc1ccccc1)NC(=O)OCc1cncs1)C(=O)c1cnc2ccccc2n1.CCN(CC)CC.O=C(OCc1cncs1)ON1C(=O)CCC1=O. The molecule has 25 heteroatoms. The highest BCUT2D eigenvalue weighted by atomic mass is 32.1. The maximum Gasteiger partial charge on any atom is 0.534 e. The molecule has 0 radical (unpaired) electrons. The van der Waals surface area contributed by atoms with Crippen molar-refractivity contribution in [2.75, 3.05) is 45.8 Å². The Balaban J connectivity index is 0.000000218. The van der Waals surface area contributed by atoms with Gasteiger partial charge in [0.15, 0.2) is 0 Å². The summed E-state index contributed by atoms with van der Waals surface area (Å²) in [6.45, 7) is 19.3. The average molecular weight is 1280 g/mol. The number of carbonyl (C=O) groups excluding carboxylic acids is 6. The maximum absolute atomic E-state index is 13.5. The Morgan fingerprint density at radius 3 is 1.44 bits per heavy atom. The third kappa shape index (κ3) is 23.9. The molecule has 8 aromatic rings. The fourth-order valence-corrected chi connectivity index (χ4v) is 10.2. The van der Waals surface area contributed by atoms with Crippen molar-refractivity contribution >= 4 is 80.6 Å². The average Bonchev–Trinajstić information content (AvgIpc) is 3.78. The summed E-state index contributed by atoms with van der Waals surface area (Å²) in [4.78, 5) is 110. The molecule has 5 N–H and O–H groups in total. The van der Waals surface area contributed by atoms with Crippen molar-refractivity contribution < 1.29 is 53.3 Å². The molecule has 4 aromatic heterocycles. The second-order valence-corrected chi connectivity index (χ2v) is 23.9. The number of aliphatic hydroxyl groups is 2. The van der Waals surface area contributed by atoms with Crippen LogP contribution in [0.2, 0.25) is 0 Å². The summed E-state index contributed by atoms with van der Waals surface area (Å²) in [7, 11) is 0. The quantitative estimate of drug-likeness (QED) is 0.0306. The van der Waals surface area contributed by atoms with Gasteiger partial charge in [0.05, 0.1) is 73.5 Å². The van der Waals surface area contributed by atoms with E-state index in [0.717, 1.165) is 26.4 Å². The Morgan fingerprint density at radius 2 is 1.01 bits per heavy atom. The van der Waals surface area contributed by atoms with Crippen LogP contribution in [0.25, 0.3) is 22.1 Å². The van der Waals surface area contributed by atoms with E-state index in [1.165, 1.54) is 54.7 Å². The van der Waals surface area contributed by atoms with Crippen LogP contribution in [0.1, 0.15) is 103 Å². The number of amides is 5. The highest BCUT2D eigenvalue weighted by Gasteiger charge is 2.34. The number of thiazole rings is 2. The number of imide groups is 1. The number of carbonyl (C=O) groups is 6. The number of hydrogen-bond acceptors (Lipinski definition) is 21. The van der Waals surface area contributed by atoms with Gasteiger partial charge < -0.3 is 45.4 Å². The van der Waals surface area contributed by atoms with Gasteiger partial charge in [0.25, 0.3) is 23.6 Å². The highest BCUT2D eigenvalue weighted by Crippen LogP contribution is 2.18. The molecular weight excluding hydrogens is 1200 g/mol. The minimum atomic E-state index is -1.08. The highest BCUT2D eigenvalue weighted by molar-refractivity contribution is 7.09. The number of alkyl carbamates (subject to hydrolysis) is 1. The van der Waals surface area contributed by atoms with E-state index in [-0.39, 0.29) is 74.2 Å². The third-order valence-electron chi connectivity index (χ3n) is 13.9. The van der Waals surface area contributed by atoms with Gasteiger partial charge in [0.1, 0.15) is 24.6 Å². The zero-order chi connectivity index (χ0) is 65.7. The first kappa shape index (κ1) is 71.4. The van der Waals surface area contributed by atoms with E-state index in [2.05, 4.69) is 65.7 Å².